The Bertz CT molecular complexity index is 1210. The van der Waals surface area contributed by atoms with Gasteiger partial charge in [-0.25, -0.2) is 0 Å². The molecule has 0 spiro atoms. The molecule has 6 nitrogen and oxygen atoms in total. The van der Waals surface area contributed by atoms with Crippen LogP contribution in [0.3, 0.4) is 0 Å². The molecule has 38 heavy (non-hydrogen) atoms. The van der Waals surface area contributed by atoms with Crippen molar-refractivity contribution in [2.45, 2.75) is 46.7 Å². The monoisotopic (exact) mass is 580 g/mol. The van der Waals surface area contributed by atoms with Crippen LogP contribution in [0.4, 0.5) is 0 Å². The van der Waals surface area contributed by atoms with E-state index in [-0.39, 0.29) is 30.9 Å². The zero-order valence-corrected chi connectivity index (χ0v) is 24.4. The lowest BCUT2D eigenvalue weighted by molar-refractivity contribution is -0.142. The minimum absolute atomic E-state index is 0.186. The van der Waals surface area contributed by atoms with Gasteiger partial charge in [0.2, 0.25) is 5.91 Å². The van der Waals surface area contributed by atoms with Crippen molar-refractivity contribution in [2.24, 2.45) is 5.92 Å². The highest BCUT2D eigenvalue weighted by Crippen LogP contribution is 2.26. The van der Waals surface area contributed by atoms with Crippen molar-refractivity contribution in [2.75, 3.05) is 20.3 Å². The van der Waals surface area contributed by atoms with E-state index in [1.165, 1.54) is 0 Å². The molecule has 0 heterocycles. The van der Waals surface area contributed by atoms with Gasteiger partial charge >= 0.3 is 0 Å². The van der Waals surface area contributed by atoms with Crippen LogP contribution in [0.1, 0.15) is 36.1 Å². The van der Waals surface area contributed by atoms with Gasteiger partial charge in [-0.3, -0.25) is 9.59 Å². The quantitative estimate of drug-likeness (QED) is 0.291. The SMILES string of the molecule is COc1cccc(CN(C(=O)COc2cc(C)c(Br)c(C)c2)[C@@H](Cc2ccccc2)C(=O)NCC(C)C)c1. The standard InChI is InChI=1S/C31H37BrN2O4/c1-21(2)18-33-31(36)28(17-24-10-7-6-8-11-24)34(19-25-12-9-13-26(16-25)37-5)29(35)20-38-27-14-22(3)30(32)23(4)15-27/h6-16,21,28H,17-20H2,1-5H3,(H,33,36)/t28-/m0/s1. The summed E-state index contributed by atoms with van der Waals surface area (Å²) in [7, 11) is 1.61. The topological polar surface area (TPSA) is 67.9 Å². The van der Waals surface area contributed by atoms with E-state index in [2.05, 4.69) is 21.2 Å². The summed E-state index contributed by atoms with van der Waals surface area (Å²) in [6.07, 6.45) is 0.386. The van der Waals surface area contributed by atoms with E-state index in [9.17, 15) is 9.59 Å². The normalized spacial score (nSPS) is 11.7. The van der Waals surface area contributed by atoms with Gasteiger partial charge in [0.25, 0.3) is 5.91 Å². The molecule has 1 N–H and O–H groups in total. The molecule has 1 atom stereocenters. The fourth-order valence-electron chi connectivity index (χ4n) is 4.16. The van der Waals surface area contributed by atoms with E-state index in [1.807, 2.05) is 94.4 Å². The van der Waals surface area contributed by atoms with Crippen LogP contribution in [0, 0.1) is 19.8 Å². The van der Waals surface area contributed by atoms with Crippen LogP contribution in [-0.4, -0.2) is 43.0 Å². The van der Waals surface area contributed by atoms with E-state index in [0.29, 0.717) is 24.5 Å². The summed E-state index contributed by atoms with van der Waals surface area (Å²) in [5.74, 6) is 1.13. The summed E-state index contributed by atoms with van der Waals surface area (Å²) in [5, 5.41) is 3.04. The Hall–Kier alpha value is -3.32. The van der Waals surface area contributed by atoms with Gasteiger partial charge in [-0.15, -0.1) is 0 Å². The molecule has 3 aromatic rings. The predicted octanol–water partition coefficient (Wildman–Crippen LogP) is 5.87. The molecule has 0 aliphatic heterocycles. The Balaban J connectivity index is 1.93. The third-order valence-electron chi connectivity index (χ3n) is 6.21. The molecule has 0 unspecified atom stereocenters. The van der Waals surface area contributed by atoms with Crippen molar-refractivity contribution in [3.8, 4) is 11.5 Å². The zero-order chi connectivity index (χ0) is 27.7. The lowest BCUT2D eigenvalue weighted by Crippen LogP contribution is -2.52. The third kappa shape index (κ3) is 8.35. The molecular formula is C31H37BrN2O4. The van der Waals surface area contributed by atoms with Gasteiger partial charge in [0.15, 0.2) is 6.61 Å². The molecule has 0 aliphatic rings. The molecular weight excluding hydrogens is 544 g/mol. The highest BCUT2D eigenvalue weighted by Gasteiger charge is 2.31. The van der Waals surface area contributed by atoms with Crippen LogP contribution in [0.2, 0.25) is 0 Å². The number of carbonyl (C=O) groups excluding carboxylic acids is 2. The number of methoxy groups -OCH3 is 1. The molecule has 0 radical (unpaired) electrons. The van der Waals surface area contributed by atoms with Crippen LogP contribution < -0.4 is 14.8 Å². The number of amides is 2. The largest absolute Gasteiger partial charge is 0.497 e. The smallest absolute Gasteiger partial charge is 0.261 e. The number of halogens is 1. The zero-order valence-electron chi connectivity index (χ0n) is 22.8. The van der Waals surface area contributed by atoms with E-state index >= 15 is 0 Å². The first kappa shape index (κ1) is 29.2. The number of hydrogen-bond acceptors (Lipinski definition) is 4. The van der Waals surface area contributed by atoms with Crippen molar-refractivity contribution >= 4 is 27.7 Å². The highest BCUT2D eigenvalue weighted by molar-refractivity contribution is 9.10. The van der Waals surface area contributed by atoms with Crippen LogP contribution in [0.15, 0.2) is 71.2 Å². The molecule has 2 amide bonds. The van der Waals surface area contributed by atoms with Crippen LogP contribution in [-0.2, 0) is 22.6 Å². The van der Waals surface area contributed by atoms with E-state index < -0.39 is 6.04 Å². The number of nitrogens with one attached hydrogen (secondary N) is 1. The number of carbonyl (C=O) groups is 2. The van der Waals surface area contributed by atoms with E-state index in [0.717, 1.165) is 26.7 Å². The van der Waals surface area contributed by atoms with Crippen molar-refractivity contribution in [3.63, 3.8) is 0 Å². The number of ether oxygens (including phenoxy) is 2. The van der Waals surface area contributed by atoms with Gasteiger partial charge in [0, 0.05) is 24.0 Å². The molecule has 0 saturated heterocycles. The molecule has 7 heteroatoms. The summed E-state index contributed by atoms with van der Waals surface area (Å²) in [6, 6.07) is 20.4. The molecule has 3 rings (SSSR count). The van der Waals surface area contributed by atoms with Gasteiger partial charge in [0.1, 0.15) is 17.5 Å². The van der Waals surface area contributed by atoms with E-state index in [4.69, 9.17) is 9.47 Å². The molecule has 0 saturated carbocycles. The number of hydrogen-bond donors (Lipinski definition) is 1. The number of nitrogens with zero attached hydrogens (tertiary/aromatic N) is 1. The summed E-state index contributed by atoms with van der Waals surface area (Å²) in [6.45, 7) is 8.63. The Labute approximate surface area is 234 Å². The number of benzene rings is 3. The van der Waals surface area contributed by atoms with Crippen molar-refractivity contribution in [1.82, 2.24) is 10.2 Å². The van der Waals surface area contributed by atoms with E-state index in [1.54, 1.807) is 12.0 Å². The highest BCUT2D eigenvalue weighted by atomic mass is 79.9. The van der Waals surface area contributed by atoms with Gasteiger partial charge in [0.05, 0.1) is 7.11 Å². The maximum absolute atomic E-state index is 13.8. The average molecular weight is 582 g/mol. The Morgan fingerprint density at radius 1 is 0.921 bits per heavy atom. The molecule has 0 aliphatic carbocycles. The molecule has 202 valence electrons. The predicted molar refractivity (Wildman–Crippen MR) is 154 cm³/mol. The summed E-state index contributed by atoms with van der Waals surface area (Å²) < 4.78 is 12.4. The van der Waals surface area contributed by atoms with Crippen molar-refractivity contribution in [3.05, 3.63) is 93.5 Å². The first-order valence-electron chi connectivity index (χ1n) is 12.8. The maximum Gasteiger partial charge on any atom is 0.261 e. The van der Waals surface area contributed by atoms with Crippen LogP contribution in [0.5, 0.6) is 11.5 Å². The van der Waals surface area contributed by atoms with Crippen LogP contribution in [0.25, 0.3) is 0 Å². The second-order valence-electron chi connectivity index (χ2n) is 9.88. The lowest BCUT2D eigenvalue weighted by Gasteiger charge is -2.32. The Morgan fingerprint density at radius 3 is 2.21 bits per heavy atom. The van der Waals surface area contributed by atoms with Gasteiger partial charge in [-0.1, -0.05) is 72.2 Å². The Morgan fingerprint density at radius 2 is 1.58 bits per heavy atom. The van der Waals surface area contributed by atoms with Gasteiger partial charge in [-0.2, -0.15) is 0 Å². The average Bonchev–Trinajstić information content (AvgIpc) is 2.91. The van der Waals surface area contributed by atoms with Gasteiger partial charge in [-0.05, 0) is 66.3 Å². The Kier molecular flexibility index (Phi) is 10.8. The third-order valence-corrected chi connectivity index (χ3v) is 7.47. The second-order valence-corrected chi connectivity index (χ2v) is 10.7. The number of aryl methyl sites for hydroxylation is 2. The molecule has 0 bridgehead atoms. The summed E-state index contributed by atoms with van der Waals surface area (Å²) >= 11 is 3.57. The van der Waals surface area contributed by atoms with Crippen LogP contribution >= 0.6 is 15.9 Å². The summed E-state index contributed by atoms with van der Waals surface area (Å²) in [4.78, 5) is 28.9. The number of rotatable bonds is 12. The maximum atomic E-state index is 13.8. The molecule has 3 aromatic carbocycles. The fourth-order valence-corrected chi connectivity index (χ4v) is 4.39. The first-order chi connectivity index (χ1) is 18.2. The van der Waals surface area contributed by atoms with Crippen molar-refractivity contribution < 1.29 is 19.1 Å². The summed E-state index contributed by atoms with van der Waals surface area (Å²) in [5.41, 5.74) is 3.88. The minimum atomic E-state index is -0.716. The first-order valence-corrected chi connectivity index (χ1v) is 13.6. The van der Waals surface area contributed by atoms with Crippen molar-refractivity contribution in [1.29, 1.82) is 0 Å². The molecule has 0 fully saturated rings. The minimum Gasteiger partial charge on any atom is -0.497 e. The second kappa shape index (κ2) is 14.0. The van der Waals surface area contributed by atoms with Gasteiger partial charge < -0.3 is 19.7 Å². The lowest BCUT2D eigenvalue weighted by atomic mass is 10.0. The molecule has 0 aromatic heterocycles. The fraction of sp³-hybridized carbons (Fsp3) is 0.355.